The van der Waals surface area contributed by atoms with Gasteiger partial charge in [0, 0.05) is 41.7 Å². The van der Waals surface area contributed by atoms with Crippen molar-refractivity contribution in [1.82, 2.24) is 10.2 Å². The number of nitrogens with zero attached hydrogens (tertiary/aromatic N) is 2. The van der Waals surface area contributed by atoms with Gasteiger partial charge < -0.3 is 5.32 Å². The summed E-state index contributed by atoms with van der Waals surface area (Å²) in [6.07, 6.45) is 3.93. The van der Waals surface area contributed by atoms with E-state index in [2.05, 4.69) is 42.3 Å². The first kappa shape index (κ1) is 16.3. The van der Waals surface area contributed by atoms with Crippen LogP contribution in [0.25, 0.3) is 0 Å². The third-order valence-corrected chi connectivity index (χ3v) is 7.01. The summed E-state index contributed by atoms with van der Waals surface area (Å²) in [6, 6.07) is 9.44. The van der Waals surface area contributed by atoms with Crippen LogP contribution in [0.1, 0.15) is 45.1 Å². The maximum atomic E-state index is 13.0. The van der Waals surface area contributed by atoms with E-state index < -0.39 is 0 Å². The Hall–Kier alpha value is -1.88. The Bertz CT molecular complexity index is 758. The Labute approximate surface area is 154 Å². The van der Waals surface area contributed by atoms with Crippen molar-refractivity contribution in [3.05, 3.63) is 29.8 Å². The second-order valence-corrected chi connectivity index (χ2v) is 9.22. The van der Waals surface area contributed by atoms with Crippen molar-refractivity contribution < 1.29 is 9.59 Å². The van der Waals surface area contributed by atoms with Gasteiger partial charge >= 0.3 is 6.03 Å². The molecule has 0 aliphatic carbocycles. The van der Waals surface area contributed by atoms with E-state index in [9.17, 15) is 9.59 Å². The second-order valence-electron chi connectivity index (χ2n) is 9.22. The summed E-state index contributed by atoms with van der Waals surface area (Å²) in [5.74, 6) is 0.703. The van der Waals surface area contributed by atoms with Gasteiger partial charge in [0.25, 0.3) is 0 Å². The minimum Gasteiger partial charge on any atom is -0.335 e. The number of hydrogen-bond acceptors (Lipinski definition) is 3. The van der Waals surface area contributed by atoms with Crippen molar-refractivity contribution in [2.24, 2.45) is 5.92 Å². The molecule has 2 amide bonds. The van der Waals surface area contributed by atoms with Gasteiger partial charge in [-0.1, -0.05) is 32.0 Å². The van der Waals surface area contributed by atoms with E-state index >= 15 is 0 Å². The van der Waals surface area contributed by atoms with Crippen LogP contribution in [0.5, 0.6) is 0 Å². The first-order chi connectivity index (χ1) is 12.4. The maximum Gasteiger partial charge on any atom is 0.322 e. The number of rotatable bonds is 1. The molecule has 4 saturated heterocycles. The largest absolute Gasteiger partial charge is 0.335 e. The lowest BCUT2D eigenvalue weighted by Crippen LogP contribution is -2.65. The van der Waals surface area contributed by atoms with Gasteiger partial charge in [0.15, 0.2) is 0 Å². The molecular weight excluding hydrogens is 326 g/mol. The molecule has 0 radical (unpaired) electrons. The maximum absolute atomic E-state index is 13.0. The van der Waals surface area contributed by atoms with Gasteiger partial charge in [0.2, 0.25) is 0 Å². The summed E-state index contributed by atoms with van der Waals surface area (Å²) in [6.45, 7) is 5.76. The molecule has 1 aromatic carbocycles. The van der Waals surface area contributed by atoms with Crippen LogP contribution in [-0.2, 0) is 10.2 Å². The van der Waals surface area contributed by atoms with E-state index in [1.165, 1.54) is 5.56 Å². The zero-order valence-corrected chi connectivity index (χ0v) is 15.6. The van der Waals surface area contributed by atoms with Gasteiger partial charge in [0.1, 0.15) is 5.78 Å². The van der Waals surface area contributed by atoms with E-state index in [1.54, 1.807) is 0 Å². The molecule has 5 aliphatic rings. The summed E-state index contributed by atoms with van der Waals surface area (Å²) in [7, 11) is 0. The molecule has 4 bridgehead atoms. The summed E-state index contributed by atoms with van der Waals surface area (Å²) in [5.41, 5.74) is 2.28. The van der Waals surface area contributed by atoms with Crippen LogP contribution in [0.2, 0.25) is 0 Å². The summed E-state index contributed by atoms with van der Waals surface area (Å²) in [5, 5.41) is 3.31. The molecule has 138 valence electrons. The van der Waals surface area contributed by atoms with Crippen molar-refractivity contribution in [2.75, 3.05) is 18.0 Å². The third-order valence-electron chi connectivity index (χ3n) is 7.01. The number of para-hydroxylation sites is 1. The monoisotopic (exact) mass is 353 g/mol. The van der Waals surface area contributed by atoms with Crippen LogP contribution in [0.4, 0.5) is 10.5 Å². The Morgan fingerprint density at radius 2 is 1.81 bits per heavy atom. The molecule has 0 spiro atoms. The number of fused-ring (bicyclic) bond motifs is 2. The SMILES string of the molecule is CC1(C)CN(C(=O)NC2CC3CC4CC(C2)N3CC4=O)c2ccccc21. The number of anilines is 1. The number of benzene rings is 1. The van der Waals surface area contributed by atoms with Crippen LogP contribution >= 0.6 is 0 Å². The predicted molar refractivity (Wildman–Crippen MR) is 100 cm³/mol. The molecule has 5 nitrogen and oxygen atoms in total. The first-order valence-electron chi connectivity index (χ1n) is 9.88. The molecule has 26 heavy (non-hydrogen) atoms. The summed E-state index contributed by atoms with van der Waals surface area (Å²) >= 11 is 0. The quantitative estimate of drug-likeness (QED) is 0.845. The minimum absolute atomic E-state index is 0.0117. The normalized spacial score (nSPS) is 36.8. The minimum atomic E-state index is -0.0117. The van der Waals surface area contributed by atoms with Crippen molar-refractivity contribution in [1.29, 1.82) is 0 Å². The highest BCUT2D eigenvalue weighted by Gasteiger charge is 2.49. The highest BCUT2D eigenvalue weighted by atomic mass is 16.2. The van der Waals surface area contributed by atoms with Crippen molar-refractivity contribution in [3.8, 4) is 0 Å². The number of piperidine rings is 4. The van der Waals surface area contributed by atoms with Crippen molar-refractivity contribution in [2.45, 2.75) is 63.1 Å². The number of urea groups is 1. The zero-order chi connectivity index (χ0) is 18.1. The number of amides is 2. The van der Waals surface area contributed by atoms with E-state index in [1.807, 2.05) is 11.0 Å². The number of hydrogen-bond donors (Lipinski definition) is 1. The molecule has 2 atom stereocenters. The molecule has 5 heterocycles. The fourth-order valence-electron chi connectivity index (χ4n) is 5.77. The Morgan fingerprint density at radius 3 is 2.50 bits per heavy atom. The van der Waals surface area contributed by atoms with Gasteiger partial charge in [-0.3, -0.25) is 14.6 Å². The highest BCUT2D eigenvalue weighted by Crippen LogP contribution is 2.42. The molecule has 2 unspecified atom stereocenters. The topological polar surface area (TPSA) is 52.7 Å². The number of nitrogens with one attached hydrogen (secondary N) is 1. The fraction of sp³-hybridized carbons (Fsp3) is 0.619. The van der Waals surface area contributed by atoms with Crippen molar-refractivity contribution in [3.63, 3.8) is 0 Å². The van der Waals surface area contributed by atoms with E-state index in [-0.39, 0.29) is 23.4 Å². The molecule has 0 aromatic heterocycles. The first-order valence-corrected chi connectivity index (χ1v) is 9.88. The molecule has 1 N–H and O–H groups in total. The Kier molecular flexibility index (Phi) is 3.48. The fourth-order valence-corrected chi connectivity index (χ4v) is 5.77. The number of Topliss-reactive ketones (excluding diaryl/α,β-unsaturated/α-hetero) is 1. The predicted octanol–water partition coefficient (Wildman–Crippen LogP) is 2.69. The molecule has 6 rings (SSSR count). The number of carbonyl (C=O) groups is 2. The highest BCUT2D eigenvalue weighted by molar-refractivity contribution is 5.95. The molecule has 5 heteroatoms. The number of ketones is 1. The lowest BCUT2D eigenvalue weighted by Gasteiger charge is -2.54. The van der Waals surface area contributed by atoms with E-state index in [0.29, 0.717) is 24.4 Å². The molecule has 5 aliphatic heterocycles. The lowest BCUT2D eigenvalue weighted by atomic mass is 9.71. The van der Waals surface area contributed by atoms with Crippen molar-refractivity contribution >= 4 is 17.5 Å². The van der Waals surface area contributed by atoms with Crippen LogP contribution in [-0.4, -0.2) is 47.9 Å². The zero-order valence-electron chi connectivity index (χ0n) is 15.6. The molecule has 1 aromatic rings. The van der Waals surface area contributed by atoms with Gasteiger partial charge in [-0.2, -0.15) is 0 Å². The smallest absolute Gasteiger partial charge is 0.322 e. The molecule has 0 saturated carbocycles. The Morgan fingerprint density at radius 1 is 1.12 bits per heavy atom. The average molecular weight is 353 g/mol. The van der Waals surface area contributed by atoms with Gasteiger partial charge in [-0.15, -0.1) is 0 Å². The molecule has 4 fully saturated rings. The lowest BCUT2D eigenvalue weighted by molar-refractivity contribution is -0.141. The Balaban J connectivity index is 1.30. The summed E-state index contributed by atoms with van der Waals surface area (Å²) in [4.78, 5) is 29.3. The van der Waals surface area contributed by atoms with Gasteiger partial charge in [-0.05, 0) is 37.3 Å². The third kappa shape index (κ3) is 2.40. The average Bonchev–Trinajstić information content (AvgIpc) is 2.87. The van der Waals surface area contributed by atoms with Crippen LogP contribution < -0.4 is 10.2 Å². The number of carbonyl (C=O) groups excluding carboxylic acids is 2. The van der Waals surface area contributed by atoms with Crippen LogP contribution in [0.3, 0.4) is 0 Å². The standard InChI is InChI=1S/C21H27N3O2/c1-21(2)12-24(18-6-4-3-5-17(18)21)20(26)22-14-9-15-7-13-8-16(10-14)23(15)11-19(13)25/h3-6,13-16H,7-12H2,1-2H3,(H,22,26). The van der Waals surface area contributed by atoms with Gasteiger partial charge in [0.05, 0.1) is 6.54 Å². The van der Waals surface area contributed by atoms with E-state index in [4.69, 9.17) is 0 Å². The van der Waals surface area contributed by atoms with Crippen LogP contribution in [0.15, 0.2) is 24.3 Å². The van der Waals surface area contributed by atoms with E-state index in [0.717, 1.165) is 37.9 Å². The van der Waals surface area contributed by atoms with Crippen LogP contribution in [0, 0.1) is 5.92 Å². The van der Waals surface area contributed by atoms with Gasteiger partial charge in [-0.25, -0.2) is 4.79 Å². The summed E-state index contributed by atoms with van der Waals surface area (Å²) < 4.78 is 0. The second kappa shape index (κ2) is 5.56. The molecular formula is C21H27N3O2.